The summed E-state index contributed by atoms with van der Waals surface area (Å²) in [5.74, 6) is 2.00. The van der Waals surface area contributed by atoms with Gasteiger partial charge in [0.2, 0.25) is 0 Å². The van der Waals surface area contributed by atoms with E-state index in [4.69, 9.17) is 11.1 Å². The highest BCUT2D eigenvalue weighted by molar-refractivity contribution is 5.97. The first-order valence-corrected chi connectivity index (χ1v) is 5.50. The number of nitrogens with two attached hydrogens (primary N) is 1. The van der Waals surface area contributed by atoms with Crippen LogP contribution in [0, 0.1) is 17.2 Å². The average Bonchev–Trinajstić information content (AvgIpc) is 2.59. The third kappa shape index (κ3) is 1.85. The molecule has 5 heteroatoms. The number of nitrogen functional groups attached to an aromatic ring is 1. The first-order chi connectivity index (χ1) is 7.59. The van der Waals surface area contributed by atoms with Gasteiger partial charge in [-0.25, -0.2) is 9.97 Å². The zero-order valence-corrected chi connectivity index (χ0v) is 9.64. The van der Waals surface area contributed by atoms with Gasteiger partial charge in [0.1, 0.15) is 11.5 Å². The third-order valence-corrected chi connectivity index (χ3v) is 3.22. The number of anilines is 1. The number of rotatable bonds is 2. The van der Waals surface area contributed by atoms with Crippen LogP contribution in [0.1, 0.15) is 19.5 Å². The van der Waals surface area contributed by atoms with Crippen LogP contribution < -0.4 is 10.6 Å². The molecule has 0 saturated carbocycles. The number of nitrogens with one attached hydrogen (secondary N) is 1. The highest BCUT2D eigenvalue weighted by atomic mass is 15.2. The molecule has 1 fully saturated rings. The van der Waals surface area contributed by atoms with Crippen molar-refractivity contribution in [3.8, 4) is 0 Å². The van der Waals surface area contributed by atoms with E-state index in [1.807, 2.05) is 0 Å². The largest absolute Gasteiger partial charge is 0.382 e. The maximum atomic E-state index is 7.49. The van der Waals surface area contributed by atoms with Gasteiger partial charge in [0.25, 0.3) is 0 Å². The molecule has 16 heavy (non-hydrogen) atoms. The Kier molecular flexibility index (Phi) is 2.77. The van der Waals surface area contributed by atoms with Crippen molar-refractivity contribution in [2.45, 2.75) is 13.8 Å². The topological polar surface area (TPSA) is 78.9 Å². The second-order valence-corrected chi connectivity index (χ2v) is 4.50. The van der Waals surface area contributed by atoms with E-state index in [-0.39, 0.29) is 5.84 Å². The van der Waals surface area contributed by atoms with Crippen LogP contribution in [0.3, 0.4) is 0 Å². The molecular formula is C11H17N5. The molecule has 0 aromatic carbocycles. The van der Waals surface area contributed by atoms with Crippen molar-refractivity contribution in [1.82, 2.24) is 9.97 Å². The van der Waals surface area contributed by atoms with E-state index in [9.17, 15) is 0 Å². The molecule has 1 saturated heterocycles. The van der Waals surface area contributed by atoms with Gasteiger partial charge in [0.05, 0.1) is 0 Å². The summed E-state index contributed by atoms with van der Waals surface area (Å²) in [6.07, 6.45) is 3.22. The molecule has 5 nitrogen and oxygen atoms in total. The van der Waals surface area contributed by atoms with E-state index >= 15 is 0 Å². The highest BCUT2D eigenvalue weighted by Crippen LogP contribution is 2.27. The van der Waals surface area contributed by atoms with Crippen LogP contribution in [0.4, 0.5) is 5.82 Å². The lowest BCUT2D eigenvalue weighted by Crippen LogP contribution is -2.26. The van der Waals surface area contributed by atoms with Crippen LogP contribution in [0.25, 0.3) is 0 Å². The summed E-state index contributed by atoms with van der Waals surface area (Å²) in [6.45, 7) is 6.38. The van der Waals surface area contributed by atoms with E-state index in [0.717, 1.165) is 18.9 Å². The van der Waals surface area contributed by atoms with Gasteiger partial charge < -0.3 is 10.6 Å². The number of hydrogen-bond donors (Lipinski definition) is 2. The molecule has 0 amide bonds. The predicted molar refractivity (Wildman–Crippen MR) is 63.6 cm³/mol. The summed E-state index contributed by atoms with van der Waals surface area (Å²) in [7, 11) is 0. The van der Waals surface area contributed by atoms with Crippen molar-refractivity contribution in [3.05, 3.63) is 18.1 Å². The maximum Gasteiger partial charge on any atom is 0.158 e. The minimum absolute atomic E-state index is 0.0182. The quantitative estimate of drug-likeness (QED) is 0.571. The van der Waals surface area contributed by atoms with Crippen molar-refractivity contribution in [2.24, 2.45) is 17.6 Å². The molecule has 0 bridgehead atoms. The lowest BCUT2D eigenvalue weighted by Gasteiger charge is -2.18. The lowest BCUT2D eigenvalue weighted by molar-refractivity contribution is 0.494. The van der Waals surface area contributed by atoms with Crippen LogP contribution in [0.15, 0.2) is 12.4 Å². The van der Waals surface area contributed by atoms with Crippen molar-refractivity contribution in [3.63, 3.8) is 0 Å². The number of amidine groups is 1. The van der Waals surface area contributed by atoms with Crippen LogP contribution in [0.2, 0.25) is 0 Å². The van der Waals surface area contributed by atoms with Crippen molar-refractivity contribution < 1.29 is 0 Å². The molecule has 0 spiro atoms. The Hall–Kier alpha value is -1.65. The molecule has 1 aliphatic heterocycles. The van der Waals surface area contributed by atoms with Gasteiger partial charge in [-0.05, 0) is 11.8 Å². The Labute approximate surface area is 95.2 Å². The molecule has 1 aliphatic rings. The summed E-state index contributed by atoms with van der Waals surface area (Å²) in [6, 6.07) is 0. The zero-order chi connectivity index (χ0) is 11.7. The fraction of sp³-hybridized carbons (Fsp3) is 0.545. The minimum atomic E-state index is -0.0182. The Balaban J connectivity index is 2.31. The average molecular weight is 219 g/mol. The molecule has 0 radical (unpaired) electrons. The van der Waals surface area contributed by atoms with E-state index in [1.54, 1.807) is 12.4 Å². The van der Waals surface area contributed by atoms with Gasteiger partial charge in [-0.3, -0.25) is 5.41 Å². The number of hydrogen-bond acceptors (Lipinski definition) is 4. The Bertz CT molecular complexity index is 393. The second-order valence-electron chi connectivity index (χ2n) is 4.50. The highest BCUT2D eigenvalue weighted by Gasteiger charge is 2.28. The van der Waals surface area contributed by atoms with Gasteiger partial charge in [0.15, 0.2) is 5.82 Å². The first kappa shape index (κ1) is 10.9. The Morgan fingerprint density at radius 1 is 1.31 bits per heavy atom. The molecule has 2 rings (SSSR count). The maximum absolute atomic E-state index is 7.49. The summed E-state index contributed by atoms with van der Waals surface area (Å²) in [5.41, 5.74) is 6.00. The van der Waals surface area contributed by atoms with Crippen LogP contribution in [-0.4, -0.2) is 28.9 Å². The monoisotopic (exact) mass is 219 g/mol. The zero-order valence-electron chi connectivity index (χ0n) is 9.64. The summed E-state index contributed by atoms with van der Waals surface area (Å²) < 4.78 is 0. The minimum Gasteiger partial charge on any atom is -0.382 e. The SMILES string of the molecule is CC1CN(c2nccnc2C(=N)N)CC1C. The van der Waals surface area contributed by atoms with Gasteiger partial charge >= 0.3 is 0 Å². The molecule has 1 aromatic heterocycles. The molecule has 2 atom stereocenters. The van der Waals surface area contributed by atoms with Gasteiger partial charge in [-0.1, -0.05) is 13.8 Å². The molecule has 3 N–H and O–H groups in total. The summed E-state index contributed by atoms with van der Waals surface area (Å²) in [5, 5.41) is 7.49. The predicted octanol–water partition coefficient (Wildman–Crippen LogP) is 0.853. The second kappa shape index (κ2) is 4.08. The van der Waals surface area contributed by atoms with Gasteiger partial charge in [0, 0.05) is 25.5 Å². The van der Waals surface area contributed by atoms with Gasteiger partial charge in [-0.15, -0.1) is 0 Å². The fourth-order valence-electron chi connectivity index (χ4n) is 2.05. The smallest absolute Gasteiger partial charge is 0.158 e. The first-order valence-electron chi connectivity index (χ1n) is 5.50. The third-order valence-electron chi connectivity index (χ3n) is 3.22. The van der Waals surface area contributed by atoms with Crippen LogP contribution >= 0.6 is 0 Å². The molecule has 86 valence electrons. The normalized spacial score (nSPS) is 24.8. The van der Waals surface area contributed by atoms with Crippen molar-refractivity contribution >= 4 is 11.7 Å². The standard InChI is InChI=1S/C11H17N5/c1-7-5-16(6-8(7)2)11-9(10(12)13)14-3-4-15-11/h3-4,7-8H,5-6H2,1-2H3,(H3,12,13). The van der Waals surface area contributed by atoms with E-state index in [0.29, 0.717) is 17.5 Å². The lowest BCUT2D eigenvalue weighted by atomic mass is 10.0. The molecule has 2 unspecified atom stereocenters. The molecule has 1 aromatic rings. The van der Waals surface area contributed by atoms with E-state index in [2.05, 4.69) is 28.7 Å². The number of nitrogens with zero attached hydrogens (tertiary/aromatic N) is 3. The molecule has 0 aliphatic carbocycles. The van der Waals surface area contributed by atoms with Crippen LogP contribution in [0.5, 0.6) is 0 Å². The van der Waals surface area contributed by atoms with E-state index in [1.165, 1.54) is 0 Å². The summed E-state index contributed by atoms with van der Waals surface area (Å²) >= 11 is 0. The Morgan fingerprint density at radius 2 is 1.88 bits per heavy atom. The summed E-state index contributed by atoms with van der Waals surface area (Å²) in [4.78, 5) is 10.6. The van der Waals surface area contributed by atoms with Gasteiger partial charge in [-0.2, -0.15) is 0 Å². The van der Waals surface area contributed by atoms with Crippen molar-refractivity contribution in [1.29, 1.82) is 5.41 Å². The van der Waals surface area contributed by atoms with E-state index < -0.39 is 0 Å². The fourth-order valence-corrected chi connectivity index (χ4v) is 2.05. The Morgan fingerprint density at radius 3 is 2.44 bits per heavy atom. The van der Waals surface area contributed by atoms with Crippen molar-refractivity contribution in [2.75, 3.05) is 18.0 Å². The number of aromatic nitrogens is 2. The molecular weight excluding hydrogens is 202 g/mol. The molecule has 2 heterocycles. The van der Waals surface area contributed by atoms with Crippen LogP contribution in [-0.2, 0) is 0 Å².